The summed E-state index contributed by atoms with van der Waals surface area (Å²) in [5, 5.41) is 19.7. The Bertz CT molecular complexity index is 1210. The number of ether oxygens (including phenoxy) is 1. The Labute approximate surface area is 205 Å². The van der Waals surface area contributed by atoms with Gasteiger partial charge in [0.05, 0.1) is 0 Å². The van der Waals surface area contributed by atoms with Crippen LogP contribution in [0.5, 0.6) is 11.5 Å². The Kier molecular flexibility index (Phi) is 9.21. The first-order valence-corrected chi connectivity index (χ1v) is 13.2. The van der Waals surface area contributed by atoms with Gasteiger partial charge in [0.25, 0.3) is 0 Å². The van der Waals surface area contributed by atoms with Gasteiger partial charge in [0.15, 0.2) is 0 Å². The van der Waals surface area contributed by atoms with Crippen LogP contribution < -0.4 is 4.74 Å². The van der Waals surface area contributed by atoms with Crippen molar-refractivity contribution in [3.8, 4) is 17.2 Å². The fourth-order valence-electron chi connectivity index (χ4n) is 3.18. The number of hydrogen-bond acceptors (Lipinski definition) is 5. The molecule has 0 fully saturated rings. The largest absolute Gasteiger partial charge is 0.505 e. The Morgan fingerprint density at radius 3 is 2.32 bits per heavy atom. The number of aryl methyl sites for hydroxylation is 1. The number of esters is 1. The van der Waals surface area contributed by atoms with Crippen LogP contribution >= 0.6 is 10.5 Å². The fourth-order valence-corrected chi connectivity index (χ4v) is 4.04. The first-order chi connectivity index (χ1) is 15.9. The quantitative estimate of drug-likeness (QED) is 0.192. The second-order valence-corrected chi connectivity index (χ2v) is 11.6. The zero-order chi connectivity index (χ0) is 25.6. The molecule has 6 nitrogen and oxygen atoms in total. The Balaban J connectivity index is 0.000000509. The van der Waals surface area contributed by atoms with Gasteiger partial charge in [-0.05, 0) is 61.0 Å². The van der Waals surface area contributed by atoms with Crippen molar-refractivity contribution in [1.29, 1.82) is 0 Å². The van der Waals surface area contributed by atoms with E-state index in [0.717, 1.165) is 11.1 Å². The minimum absolute atomic E-state index is 0.155. The lowest BCUT2D eigenvalue weighted by Crippen LogP contribution is -2.13. The van der Waals surface area contributed by atoms with Crippen molar-refractivity contribution >= 4 is 33.4 Å². The highest BCUT2D eigenvalue weighted by molar-refractivity contribution is 8.14. The van der Waals surface area contributed by atoms with E-state index in [4.69, 9.17) is 4.74 Å². The SMILES string of the molecule is C=C(C)C(=O)Oc1ccc2nn(-c3cc(C)cc(C(C)(C)C)c3O)nc2c1.C=S(CC)CCC. The fraction of sp³-hybridized carbons (Fsp3) is 0.407. The molecule has 0 saturated heterocycles. The van der Waals surface area contributed by atoms with Crippen molar-refractivity contribution in [3.05, 3.63) is 53.6 Å². The van der Waals surface area contributed by atoms with E-state index in [1.165, 1.54) is 22.7 Å². The molecule has 3 rings (SSSR count). The molecule has 2 aromatic carbocycles. The topological polar surface area (TPSA) is 77.2 Å². The van der Waals surface area contributed by atoms with E-state index in [1.807, 2.05) is 39.8 Å². The maximum atomic E-state index is 11.7. The number of aromatic nitrogens is 3. The zero-order valence-corrected chi connectivity index (χ0v) is 22.3. The Hall–Kier alpha value is -2.93. The minimum atomic E-state index is -0.493. The van der Waals surface area contributed by atoms with Crippen LogP contribution in [0.2, 0.25) is 0 Å². The lowest BCUT2D eigenvalue weighted by atomic mass is 9.85. The number of rotatable bonds is 6. The monoisotopic (exact) mass is 483 g/mol. The van der Waals surface area contributed by atoms with Gasteiger partial charge < -0.3 is 9.84 Å². The molecule has 1 heterocycles. The predicted octanol–water partition coefficient (Wildman–Crippen LogP) is 6.33. The molecule has 34 heavy (non-hydrogen) atoms. The van der Waals surface area contributed by atoms with Crippen LogP contribution in [0.25, 0.3) is 16.7 Å². The molecule has 0 aliphatic rings. The van der Waals surface area contributed by atoms with E-state index in [9.17, 15) is 9.90 Å². The summed E-state index contributed by atoms with van der Waals surface area (Å²) in [7, 11) is 0.473. The van der Waals surface area contributed by atoms with Gasteiger partial charge in [-0.3, -0.25) is 0 Å². The second kappa shape index (κ2) is 11.5. The van der Waals surface area contributed by atoms with Gasteiger partial charge in [0.1, 0.15) is 28.2 Å². The van der Waals surface area contributed by atoms with Crippen LogP contribution in [0, 0.1) is 6.92 Å². The molecule has 1 N–H and O–H groups in total. The van der Waals surface area contributed by atoms with E-state index in [0.29, 0.717) is 38.5 Å². The molecule has 0 bridgehead atoms. The lowest BCUT2D eigenvalue weighted by molar-refractivity contribution is -0.130. The summed E-state index contributed by atoms with van der Waals surface area (Å²) >= 11 is 0. The number of benzene rings is 2. The third-order valence-electron chi connectivity index (χ3n) is 5.07. The number of carbonyl (C=O) groups is 1. The average Bonchev–Trinajstić information content (AvgIpc) is 3.18. The standard InChI is InChI=1S/C21H23N3O3.C6H14S/c1-12(2)20(26)27-14-7-8-16-17(11-14)23-24(22-16)18-10-13(3)9-15(19(18)25)21(4,5)6;1-4-6-7(3)5-2/h7-11,25H,1H2,2-6H3;3-6H2,1-2H3. The third kappa shape index (κ3) is 7.03. The number of phenolic OH excluding ortho intramolecular Hbond substituents is 1. The summed E-state index contributed by atoms with van der Waals surface area (Å²) in [5.74, 6) is 6.58. The van der Waals surface area contributed by atoms with Gasteiger partial charge >= 0.3 is 5.97 Å². The average molecular weight is 484 g/mol. The highest BCUT2D eigenvalue weighted by Crippen LogP contribution is 2.36. The molecule has 1 atom stereocenters. The van der Waals surface area contributed by atoms with E-state index < -0.39 is 5.97 Å². The second-order valence-electron chi connectivity index (χ2n) is 9.35. The molecule has 0 aliphatic carbocycles. The number of fused-ring (bicyclic) bond motifs is 1. The molecular formula is C27H37N3O3S. The summed E-state index contributed by atoms with van der Waals surface area (Å²) in [6.45, 7) is 17.7. The minimum Gasteiger partial charge on any atom is -0.505 e. The number of phenols is 1. The Morgan fingerprint density at radius 1 is 1.15 bits per heavy atom. The highest BCUT2D eigenvalue weighted by atomic mass is 32.2. The predicted molar refractivity (Wildman–Crippen MR) is 145 cm³/mol. The first-order valence-electron chi connectivity index (χ1n) is 11.4. The van der Waals surface area contributed by atoms with E-state index in [1.54, 1.807) is 25.1 Å². The molecule has 1 aromatic heterocycles. The number of hydrogen-bond donors (Lipinski definition) is 1. The van der Waals surface area contributed by atoms with Crippen molar-refractivity contribution in [2.75, 3.05) is 11.5 Å². The third-order valence-corrected chi connectivity index (χ3v) is 6.87. The molecular weight excluding hydrogens is 446 g/mol. The highest BCUT2D eigenvalue weighted by Gasteiger charge is 2.22. The molecule has 7 heteroatoms. The maximum absolute atomic E-state index is 11.7. The first kappa shape index (κ1) is 27.3. The summed E-state index contributed by atoms with van der Waals surface area (Å²) in [4.78, 5) is 13.1. The van der Waals surface area contributed by atoms with Gasteiger partial charge in [-0.1, -0.05) is 53.1 Å². The number of aromatic hydroxyl groups is 1. The maximum Gasteiger partial charge on any atom is 0.338 e. The molecule has 0 saturated carbocycles. The van der Waals surface area contributed by atoms with Crippen molar-refractivity contribution in [2.24, 2.45) is 0 Å². The van der Waals surface area contributed by atoms with Crippen molar-refractivity contribution in [3.63, 3.8) is 0 Å². The summed E-state index contributed by atoms with van der Waals surface area (Å²) in [6, 6.07) is 8.82. The summed E-state index contributed by atoms with van der Waals surface area (Å²) in [5.41, 5.74) is 3.62. The van der Waals surface area contributed by atoms with Gasteiger partial charge in [0.2, 0.25) is 0 Å². The van der Waals surface area contributed by atoms with Crippen molar-refractivity contribution < 1.29 is 14.6 Å². The molecule has 0 amide bonds. The summed E-state index contributed by atoms with van der Waals surface area (Å²) < 4.78 is 5.24. The van der Waals surface area contributed by atoms with Crippen LogP contribution in [0.1, 0.15) is 59.1 Å². The normalized spacial score (nSPS) is 12.1. The van der Waals surface area contributed by atoms with E-state index in [2.05, 4.69) is 36.5 Å². The molecule has 1 unspecified atom stereocenters. The van der Waals surface area contributed by atoms with E-state index in [-0.39, 0.29) is 11.2 Å². The number of nitrogens with zero attached hydrogens (tertiary/aromatic N) is 3. The molecule has 3 aromatic rings. The van der Waals surface area contributed by atoms with E-state index >= 15 is 0 Å². The number of carbonyl (C=O) groups excluding carboxylic acids is 1. The molecule has 0 radical (unpaired) electrons. The molecule has 0 aliphatic heterocycles. The Morgan fingerprint density at radius 2 is 1.79 bits per heavy atom. The van der Waals surface area contributed by atoms with Crippen LogP contribution in [-0.4, -0.2) is 43.4 Å². The van der Waals surface area contributed by atoms with Gasteiger partial charge in [-0.25, -0.2) is 4.79 Å². The van der Waals surface area contributed by atoms with Gasteiger partial charge in [-0.2, -0.15) is 10.5 Å². The van der Waals surface area contributed by atoms with Crippen LogP contribution in [0.4, 0.5) is 0 Å². The van der Waals surface area contributed by atoms with Gasteiger partial charge in [-0.15, -0.1) is 15.0 Å². The smallest absolute Gasteiger partial charge is 0.338 e. The van der Waals surface area contributed by atoms with Crippen molar-refractivity contribution in [1.82, 2.24) is 15.0 Å². The van der Waals surface area contributed by atoms with Gasteiger partial charge in [0, 0.05) is 17.2 Å². The van der Waals surface area contributed by atoms with Crippen LogP contribution in [0.15, 0.2) is 42.5 Å². The summed E-state index contributed by atoms with van der Waals surface area (Å²) in [6.07, 6.45) is 1.29. The van der Waals surface area contributed by atoms with Crippen LogP contribution in [0.3, 0.4) is 0 Å². The van der Waals surface area contributed by atoms with Crippen LogP contribution in [-0.2, 0) is 10.2 Å². The molecule has 184 valence electrons. The van der Waals surface area contributed by atoms with Crippen molar-refractivity contribution in [2.45, 2.75) is 60.3 Å². The zero-order valence-electron chi connectivity index (χ0n) is 21.4. The molecule has 0 spiro atoms. The lowest BCUT2D eigenvalue weighted by Gasteiger charge is -2.22.